The van der Waals surface area contributed by atoms with Crippen LogP contribution in [-0.4, -0.2) is 70.7 Å². The Morgan fingerprint density at radius 2 is 1.52 bits per heavy atom. The lowest BCUT2D eigenvalue weighted by molar-refractivity contribution is 0.201. The van der Waals surface area contributed by atoms with Crippen LogP contribution in [0.5, 0.6) is 0 Å². The smallest absolute Gasteiger partial charge is 0.183 e. The maximum atomic E-state index is 13.4. The predicted molar refractivity (Wildman–Crippen MR) is 124 cm³/mol. The molecule has 2 aliphatic rings. The zero-order chi connectivity index (χ0) is 22.4. The number of piperazine rings is 1. The Morgan fingerprint density at radius 1 is 0.871 bits per heavy atom. The van der Waals surface area contributed by atoms with Crippen molar-refractivity contribution in [2.45, 2.75) is 37.0 Å². The lowest BCUT2D eigenvalue weighted by atomic mass is 10.1. The lowest BCUT2D eigenvalue weighted by Crippen LogP contribution is -2.55. The van der Waals surface area contributed by atoms with E-state index in [1.807, 2.05) is 6.92 Å². The standard InChI is InChI=1S/C23H30N2O4S2/c1-17-7-9-20(10-8-17)31(28,29)23-16-30(26,27)15-22(23)25-13-11-24(12-14-25)21-6-4-5-18(2)19(21)3/h4-10,22-23H,11-16H2,1-3H3/t22-,23-/m1/s1. The molecule has 2 saturated heterocycles. The highest BCUT2D eigenvalue weighted by Crippen LogP contribution is 2.31. The predicted octanol–water partition coefficient (Wildman–Crippen LogP) is 2.37. The number of hydrogen-bond donors (Lipinski definition) is 0. The average Bonchev–Trinajstić information content (AvgIpc) is 3.07. The van der Waals surface area contributed by atoms with Crippen LogP contribution in [0.1, 0.15) is 16.7 Å². The van der Waals surface area contributed by atoms with Crippen LogP contribution >= 0.6 is 0 Å². The Kier molecular flexibility index (Phi) is 5.91. The summed E-state index contributed by atoms with van der Waals surface area (Å²) in [7, 11) is -7.14. The van der Waals surface area contributed by atoms with E-state index < -0.39 is 31.0 Å². The van der Waals surface area contributed by atoms with Gasteiger partial charge in [0.2, 0.25) is 0 Å². The fraction of sp³-hybridized carbons (Fsp3) is 0.478. The Balaban J connectivity index is 1.55. The Morgan fingerprint density at radius 3 is 2.16 bits per heavy atom. The summed E-state index contributed by atoms with van der Waals surface area (Å²) in [6.07, 6.45) is 0. The SMILES string of the molecule is Cc1ccc(S(=O)(=O)[C@@H]2CS(=O)(=O)C[C@H]2N2CCN(c3cccc(C)c3C)CC2)cc1. The maximum absolute atomic E-state index is 13.4. The van der Waals surface area contributed by atoms with Crippen LogP contribution in [0.15, 0.2) is 47.4 Å². The number of nitrogens with zero attached hydrogens (tertiary/aromatic N) is 2. The van der Waals surface area contributed by atoms with E-state index in [0.29, 0.717) is 13.1 Å². The van der Waals surface area contributed by atoms with E-state index in [1.54, 1.807) is 24.3 Å². The van der Waals surface area contributed by atoms with Crippen LogP contribution in [-0.2, 0) is 19.7 Å². The molecule has 0 spiro atoms. The second kappa shape index (κ2) is 8.22. The van der Waals surface area contributed by atoms with Crippen molar-refractivity contribution in [3.05, 3.63) is 59.2 Å². The van der Waals surface area contributed by atoms with Gasteiger partial charge in [-0.15, -0.1) is 0 Å². The lowest BCUT2D eigenvalue weighted by Gasteiger charge is -2.40. The van der Waals surface area contributed by atoms with Gasteiger partial charge in [0.1, 0.15) is 0 Å². The highest BCUT2D eigenvalue weighted by atomic mass is 32.2. The monoisotopic (exact) mass is 462 g/mol. The molecular formula is C23H30N2O4S2. The van der Waals surface area contributed by atoms with Crippen molar-refractivity contribution in [2.24, 2.45) is 0 Å². The molecule has 0 aromatic heterocycles. The molecule has 0 bridgehead atoms. The first kappa shape index (κ1) is 22.3. The van der Waals surface area contributed by atoms with E-state index in [-0.39, 0.29) is 16.4 Å². The van der Waals surface area contributed by atoms with Gasteiger partial charge >= 0.3 is 0 Å². The second-order valence-electron chi connectivity index (χ2n) is 8.78. The van der Waals surface area contributed by atoms with Crippen molar-refractivity contribution in [2.75, 3.05) is 42.6 Å². The molecule has 2 aromatic carbocycles. The first-order valence-electron chi connectivity index (χ1n) is 10.6. The summed E-state index contributed by atoms with van der Waals surface area (Å²) in [5.74, 6) is -0.392. The molecule has 0 aliphatic carbocycles. The van der Waals surface area contributed by atoms with Gasteiger partial charge in [-0.2, -0.15) is 0 Å². The normalized spacial score (nSPS) is 24.4. The van der Waals surface area contributed by atoms with Crippen LogP contribution in [0.2, 0.25) is 0 Å². The summed E-state index contributed by atoms with van der Waals surface area (Å²) < 4.78 is 51.7. The molecule has 2 aromatic rings. The van der Waals surface area contributed by atoms with Gasteiger partial charge in [-0.3, -0.25) is 4.90 Å². The molecular weight excluding hydrogens is 432 g/mol. The van der Waals surface area contributed by atoms with Crippen LogP contribution in [0.25, 0.3) is 0 Å². The van der Waals surface area contributed by atoms with Gasteiger partial charge < -0.3 is 4.90 Å². The van der Waals surface area contributed by atoms with Crippen molar-refractivity contribution in [3.8, 4) is 0 Å². The first-order chi connectivity index (χ1) is 14.6. The molecule has 0 unspecified atom stereocenters. The summed E-state index contributed by atoms with van der Waals surface area (Å²) in [6.45, 7) is 8.90. The molecule has 31 heavy (non-hydrogen) atoms. The molecule has 2 atom stereocenters. The molecule has 168 valence electrons. The maximum Gasteiger partial charge on any atom is 0.183 e. The van der Waals surface area contributed by atoms with Crippen LogP contribution in [0.4, 0.5) is 5.69 Å². The summed E-state index contributed by atoms with van der Waals surface area (Å²) in [5, 5.41) is -0.924. The van der Waals surface area contributed by atoms with Crippen molar-refractivity contribution in [1.82, 2.24) is 4.90 Å². The van der Waals surface area contributed by atoms with Crippen LogP contribution < -0.4 is 4.90 Å². The Labute approximate surface area is 185 Å². The van der Waals surface area contributed by atoms with Crippen LogP contribution in [0.3, 0.4) is 0 Å². The van der Waals surface area contributed by atoms with E-state index in [9.17, 15) is 16.8 Å². The van der Waals surface area contributed by atoms with E-state index in [1.165, 1.54) is 16.8 Å². The van der Waals surface area contributed by atoms with Gasteiger partial charge in [0.15, 0.2) is 19.7 Å². The molecule has 0 saturated carbocycles. The zero-order valence-corrected chi connectivity index (χ0v) is 19.9. The third-order valence-corrected chi connectivity index (χ3v) is 10.9. The number of aryl methyl sites for hydroxylation is 2. The topological polar surface area (TPSA) is 74.8 Å². The summed E-state index contributed by atoms with van der Waals surface area (Å²) >= 11 is 0. The van der Waals surface area contributed by atoms with Gasteiger partial charge in [-0.05, 0) is 50.1 Å². The molecule has 2 fully saturated rings. The third kappa shape index (κ3) is 4.38. The highest BCUT2D eigenvalue weighted by molar-refractivity contribution is 7.96. The number of hydrogen-bond acceptors (Lipinski definition) is 6. The van der Waals surface area contributed by atoms with E-state index in [0.717, 1.165) is 18.7 Å². The molecule has 2 aliphatic heterocycles. The van der Waals surface area contributed by atoms with Crippen LogP contribution in [0, 0.1) is 20.8 Å². The molecule has 0 radical (unpaired) electrons. The van der Waals surface area contributed by atoms with Gasteiger partial charge in [-0.1, -0.05) is 29.8 Å². The number of benzene rings is 2. The summed E-state index contributed by atoms with van der Waals surface area (Å²) in [6, 6.07) is 12.5. The van der Waals surface area contributed by atoms with E-state index in [4.69, 9.17) is 0 Å². The Bertz CT molecular complexity index is 1170. The number of anilines is 1. The molecule has 0 amide bonds. The van der Waals surface area contributed by atoms with Gasteiger partial charge in [-0.25, -0.2) is 16.8 Å². The second-order valence-corrected chi connectivity index (χ2v) is 13.1. The van der Waals surface area contributed by atoms with Crippen molar-refractivity contribution in [3.63, 3.8) is 0 Å². The largest absolute Gasteiger partial charge is 0.369 e. The minimum atomic E-state index is -3.74. The average molecular weight is 463 g/mol. The highest BCUT2D eigenvalue weighted by Gasteiger charge is 2.48. The number of rotatable bonds is 4. The fourth-order valence-electron chi connectivity index (χ4n) is 4.71. The zero-order valence-electron chi connectivity index (χ0n) is 18.3. The van der Waals surface area contributed by atoms with Crippen molar-refractivity contribution in [1.29, 1.82) is 0 Å². The fourth-order valence-corrected chi connectivity index (χ4v) is 9.54. The Hall–Kier alpha value is -1.90. The van der Waals surface area contributed by atoms with E-state index in [2.05, 4.69) is 41.8 Å². The minimum absolute atomic E-state index is 0.0910. The minimum Gasteiger partial charge on any atom is -0.369 e. The van der Waals surface area contributed by atoms with Gasteiger partial charge in [0.25, 0.3) is 0 Å². The number of sulfone groups is 2. The van der Waals surface area contributed by atoms with Gasteiger partial charge in [0, 0.05) is 37.9 Å². The first-order valence-corrected chi connectivity index (χ1v) is 14.0. The van der Waals surface area contributed by atoms with Crippen molar-refractivity contribution < 1.29 is 16.8 Å². The third-order valence-electron chi connectivity index (χ3n) is 6.72. The quantitative estimate of drug-likeness (QED) is 0.695. The summed E-state index contributed by atoms with van der Waals surface area (Å²) in [4.78, 5) is 4.59. The van der Waals surface area contributed by atoms with Crippen molar-refractivity contribution >= 4 is 25.4 Å². The van der Waals surface area contributed by atoms with Gasteiger partial charge in [0.05, 0.1) is 21.7 Å². The molecule has 8 heteroatoms. The molecule has 2 heterocycles. The molecule has 6 nitrogen and oxygen atoms in total. The summed E-state index contributed by atoms with van der Waals surface area (Å²) in [5.41, 5.74) is 4.66. The molecule has 4 rings (SSSR count). The molecule has 0 N–H and O–H groups in total. The van der Waals surface area contributed by atoms with E-state index >= 15 is 0 Å².